The molecule has 0 unspecified atom stereocenters. The third kappa shape index (κ3) is 28.1. The summed E-state index contributed by atoms with van der Waals surface area (Å²) in [6.07, 6.45) is 0. The van der Waals surface area contributed by atoms with Crippen LogP contribution in [0, 0.1) is 0 Å². The van der Waals surface area contributed by atoms with Gasteiger partial charge in [0.2, 0.25) is 5.96 Å². The van der Waals surface area contributed by atoms with Crippen LogP contribution in [0.2, 0.25) is 0 Å². The lowest BCUT2D eigenvalue weighted by molar-refractivity contribution is 0.278. The first-order chi connectivity index (χ1) is 4.54. The van der Waals surface area contributed by atoms with Crippen LogP contribution in [0.1, 0.15) is 0 Å². The fraction of sp³-hybridized carbons (Fsp3) is 0. The lowest BCUT2D eigenvalue weighted by Crippen LogP contribution is -2.37. The van der Waals surface area contributed by atoms with Gasteiger partial charge >= 0.3 is 7.32 Å². The molecule has 0 aromatic carbocycles. The van der Waals surface area contributed by atoms with Crippen LogP contribution < -0.4 is 22.8 Å². The van der Waals surface area contributed by atoms with E-state index in [9.17, 15) is 0 Å². The maximum atomic E-state index is 7.17. The molecule has 9 heteroatoms. The zero-order valence-electron chi connectivity index (χ0n) is 5.10. The molecule has 0 saturated heterocycles. The third-order valence-corrected chi connectivity index (χ3v) is 0.287. The molecule has 8 nitrogen and oxygen atoms in total. The first-order valence-electron chi connectivity index (χ1n) is 2.08. The number of nitrogens with one attached hydrogen (secondary N) is 1. The first-order valence-corrected chi connectivity index (χ1v) is 2.08. The lowest BCUT2D eigenvalue weighted by Gasteiger charge is -1.89. The van der Waals surface area contributed by atoms with Crippen LogP contribution in [0.3, 0.4) is 0 Å². The van der Waals surface area contributed by atoms with Gasteiger partial charge in [0.1, 0.15) is 0 Å². The molecule has 0 aliphatic carbocycles. The summed E-state index contributed by atoms with van der Waals surface area (Å²) >= 11 is 0. The highest BCUT2D eigenvalue weighted by Gasteiger charge is 1.92. The predicted molar refractivity (Wildman–Crippen MR) is 35.5 cm³/mol. The summed E-state index contributed by atoms with van der Waals surface area (Å²) in [4.78, 5) is 0. The number of hydrazone groups is 1. The highest BCUT2D eigenvalue weighted by molar-refractivity contribution is 6.30. The summed E-state index contributed by atoms with van der Waals surface area (Å²) in [6.45, 7) is 0. The second-order valence-corrected chi connectivity index (χ2v) is 1.01. The predicted octanol–water partition coefficient (Wildman–Crippen LogP) is -4.41. The topological polar surface area (TPSA) is 163 Å². The van der Waals surface area contributed by atoms with Crippen LogP contribution in [0.4, 0.5) is 0 Å². The van der Waals surface area contributed by atoms with E-state index in [2.05, 4.69) is 10.9 Å². The molecule has 0 atom stereocenters. The van der Waals surface area contributed by atoms with Gasteiger partial charge in [-0.1, -0.05) is 0 Å². The molecule has 0 spiro atoms. The molecule has 0 radical (unpaired) electrons. The minimum atomic E-state index is -2.17. The molecular formula is CH10BN5O3. The highest BCUT2D eigenvalue weighted by atomic mass is 16.5. The molecule has 10 N–H and O–H groups in total. The minimum absolute atomic E-state index is 0.0231. The second-order valence-electron chi connectivity index (χ2n) is 1.01. The molecule has 0 aliphatic heterocycles. The van der Waals surface area contributed by atoms with Gasteiger partial charge in [0.25, 0.3) is 0 Å². The summed E-state index contributed by atoms with van der Waals surface area (Å²) in [5, 5.41) is 24.5. The Morgan fingerprint density at radius 1 is 1.40 bits per heavy atom. The van der Waals surface area contributed by atoms with Gasteiger partial charge < -0.3 is 26.6 Å². The monoisotopic (exact) mass is 151 g/mol. The quantitative estimate of drug-likeness (QED) is 0.0603. The van der Waals surface area contributed by atoms with Crippen molar-refractivity contribution in [2.45, 2.75) is 0 Å². The van der Waals surface area contributed by atoms with Gasteiger partial charge in [0.15, 0.2) is 0 Å². The molecule has 0 aromatic heterocycles. The van der Waals surface area contributed by atoms with Crippen molar-refractivity contribution < 1.29 is 15.1 Å². The third-order valence-electron chi connectivity index (χ3n) is 0.287. The Balaban J connectivity index is 0. The van der Waals surface area contributed by atoms with Crippen LogP contribution in [0.25, 0.3) is 0 Å². The summed E-state index contributed by atoms with van der Waals surface area (Å²) in [7, 11) is -2.17. The molecule has 0 saturated carbocycles. The van der Waals surface area contributed by atoms with Crippen LogP contribution in [0.15, 0.2) is 5.10 Å². The molecule has 0 fully saturated rings. The number of hydrogen-bond donors (Lipinski definition) is 7. The Hall–Kier alpha value is -1.03. The average molecular weight is 151 g/mol. The van der Waals surface area contributed by atoms with Crippen molar-refractivity contribution in [1.29, 1.82) is 0 Å². The maximum Gasteiger partial charge on any atom is 0.631 e. The number of guanidine groups is 1. The van der Waals surface area contributed by atoms with Gasteiger partial charge in [-0.25, -0.2) is 5.84 Å². The summed E-state index contributed by atoms with van der Waals surface area (Å²) in [5.41, 5.74) is 6.88. The summed E-state index contributed by atoms with van der Waals surface area (Å²) < 4.78 is 0. The van der Waals surface area contributed by atoms with Crippen molar-refractivity contribution in [3.05, 3.63) is 0 Å². The molecule has 0 aliphatic rings. The number of nitrogens with zero attached hydrogens (tertiary/aromatic N) is 1. The number of hydrazine groups is 1. The van der Waals surface area contributed by atoms with E-state index in [1.807, 2.05) is 5.43 Å². The Bertz CT molecular complexity index is 92.1. The van der Waals surface area contributed by atoms with Gasteiger partial charge in [-0.15, -0.1) is 5.10 Å². The van der Waals surface area contributed by atoms with Crippen LogP contribution in [0.5, 0.6) is 0 Å². The van der Waals surface area contributed by atoms with Crippen molar-refractivity contribution in [2.75, 3.05) is 0 Å². The first kappa shape index (κ1) is 11.7. The van der Waals surface area contributed by atoms with Crippen molar-refractivity contribution >= 4 is 13.3 Å². The van der Waals surface area contributed by atoms with E-state index in [0.717, 1.165) is 0 Å². The fourth-order valence-corrected chi connectivity index (χ4v) is 0.0373. The summed E-state index contributed by atoms with van der Waals surface area (Å²) in [6, 6.07) is 0. The summed E-state index contributed by atoms with van der Waals surface area (Å²) in [5.74, 6) is 9.32. The van der Waals surface area contributed by atoms with Gasteiger partial charge in [-0.3, -0.25) is 5.43 Å². The van der Waals surface area contributed by atoms with Crippen LogP contribution >= 0.6 is 0 Å². The van der Waals surface area contributed by atoms with E-state index in [0.29, 0.717) is 0 Å². The van der Waals surface area contributed by atoms with Gasteiger partial charge in [0.05, 0.1) is 0 Å². The van der Waals surface area contributed by atoms with E-state index < -0.39 is 7.32 Å². The normalized spacial score (nSPS) is 9.40. The second kappa shape index (κ2) is 7.97. The molecular weight excluding hydrogens is 141 g/mol. The van der Waals surface area contributed by atoms with Gasteiger partial charge in [-0.2, -0.15) is 0 Å². The molecule has 0 amide bonds. The van der Waals surface area contributed by atoms with E-state index >= 15 is 0 Å². The zero-order valence-corrected chi connectivity index (χ0v) is 5.10. The Morgan fingerprint density at radius 2 is 1.70 bits per heavy atom. The number of rotatable bonds is 0. The molecule has 10 heavy (non-hydrogen) atoms. The van der Waals surface area contributed by atoms with Crippen molar-refractivity contribution in [3.8, 4) is 0 Å². The van der Waals surface area contributed by atoms with Crippen molar-refractivity contribution in [3.63, 3.8) is 0 Å². The Kier molecular flexibility index (Phi) is 9.36. The smallest absolute Gasteiger partial charge is 0.402 e. The molecule has 0 aromatic rings. The van der Waals surface area contributed by atoms with E-state index in [1.165, 1.54) is 0 Å². The largest absolute Gasteiger partial charge is 0.631 e. The Labute approximate surface area is 57.5 Å². The SMILES string of the molecule is NN=C(N)NN.OB(O)O. The maximum absolute atomic E-state index is 7.17. The highest BCUT2D eigenvalue weighted by Crippen LogP contribution is 1.40. The standard InChI is InChI=1S/CH7N5.BH3O3/c2-1(5-3)6-4;2-1(3)4/h3-4H2,(H3,2,5,6);2-4H. The molecule has 0 rings (SSSR count). The number of nitrogens with two attached hydrogens (primary N) is 3. The molecule has 60 valence electrons. The molecule has 0 heterocycles. The minimum Gasteiger partial charge on any atom is -0.402 e. The van der Waals surface area contributed by atoms with Gasteiger partial charge in [0, 0.05) is 0 Å². The number of hydrogen-bond acceptors (Lipinski definition) is 6. The van der Waals surface area contributed by atoms with Crippen molar-refractivity contribution in [2.24, 2.45) is 22.5 Å². The van der Waals surface area contributed by atoms with E-state index in [-0.39, 0.29) is 5.96 Å². The average Bonchev–Trinajstić information content (AvgIpc) is 1.85. The van der Waals surface area contributed by atoms with Crippen molar-refractivity contribution in [1.82, 2.24) is 5.43 Å². The van der Waals surface area contributed by atoms with Gasteiger partial charge in [-0.05, 0) is 0 Å². The zero-order chi connectivity index (χ0) is 8.57. The van der Waals surface area contributed by atoms with E-state index in [1.54, 1.807) is 0 Å². The van der Waals surface area contributed by atoms with Crippen LogP contribution in [-0.4, -0.2) is 28.4 Å². The fourth-order valence-electron chi connectivity index (χ4n) is 0.0373. The van der Waals surface area contributed by atoms with E-state index in [4.69, 9.17) is 26.6 Å². The molecule has 0 bridgehead atoms. The van der Waals surface area contributed by atoms with Crippen LogP contribution in [-0.2, 0) is 0 Å². The Morgan fingerprint density at radius 3 is 1.70 bits per heavy atom. The lowest BCUT2D eigenvalue weighted by atomic mass is 10.3.